The third-order valence-electron chi connectivity index (χ3n) is 3.77. The number of nitrogens with one attached hydrogen (secondary N) is 1. The van der Waals surface area contributed by atoms with Gasteiger partial charge in [-0.05, 0) is 17.7 Å². The molecule has 3 heteroatoms. The summed E-state index contributed by atoms with van der Waals surface area (Å²) in [6, 6.07) is 24.4. The van der Waals surface area contributed by atoms with Gasteiger partial charge in [-0.3, -0.25) is 4.98 Å². The van der Waals surface area contributed by atoms with E-state index >= 15 is 0 Å². The molecule has 0 bridgehead atoms. The molecule has 0 aliphatic heterocycles. The van der Waals surface area contributed by atoms with E-state index in [4.69, 9.17) is 0 Å². The van der Waals surface area contributed by atoms with Crippen molar-refractivity contribution in [2.24, 2.45) is 0 Å². The standard InChI is InChI=1S/C20H15N3/c1-3-7-15(8-4-1)18-12-11-17(13-21-18)20-22-14-19(23-20)16-9-5-2-6-10-16/h1-14H,(H,22,23). The normalized spacial score (nSPS) is 10.6. The fourth-order valence-corrected chi connectivity index (χ4v) is 2.55. The van der Waals surface area contributed by atoms with Gasteiger partial charge in [0.2, 0.25) is 0 Å². The molecular weight excluding hydrogens is 282 g/mol. The van der Waals surface area contributed by atoms with Crippen LogP contribution in [-0.2, 0) is 0 Å². The third kappa shape index (κ3) is 2.77. The molecule has 0 spiro atoms. The fraction of sp³-hybridized carbons (Fsp3) is 0. The van der Waals surface area contributed by atoms with Gasteiger partial charge in [-0.1, -0.05) is 60.7 Å². The summed E-state index contributed by atoms with van der Waals surface area (Å²) in [7, 11) is 0. The van der Waals surface area contributed by atoms with Gasteiger partial charge < -0.3 is 4.98 Å². The van der Waals surface area contributed by atoms with Crippen molar-refractivity contribution in [3.05, 3.63) is 85.2 Å². The summed E-state index contributed by atoms with van der Waals surface area (Å²) in [6.45, 7) is 0. The van der Waals surface area contributed by atoms with Crippen LogP contribution in [0.4, 0.5) is 0 Å². The lowest BCUT2D eigenvalue weighted by molar-refractivity contribution is 1.26. The van der Waals surface area contributed by atoms with Crippen LogP contribution in [0.3, 0.4) is 0 Å². The lowest BCUT2D eigenvalue weighted by Crippen LogP contribution is -1.86. The zero-order valence-electron chi connectivity index (χ0n) is 12.5. The minimum absolute atomic E-state index is 0.830. The van der Waals surface area contributed by atoms with Crippen LogP contribution < -0.4 is 0 Å². The Morgan fingerprint density at radius 3 is 1.91 bits per heavy atom. The van der Waals surface area contributed by atoms with E-state index in [0.29, 0.717) is 0 Å². The number of nitrogens with zero attached hydrogens (tertiary/aromatic N) is 2. The quantitative estimate of drug-likeness (QED) is 0.590. The molecule has 23 heavy (non-hydrogen) atoms. The number of benzene rings is 2. The largest absolute Gasteiger partial charge is 0.338 e. The van der Waals surface area contributed by atoms with Gasteiger partial charge in [0.05, 0.1) is 17.6 Å². The van der Waals surface area contributed by atoms with E-state index in [9.17, 15) is 0 Å². The van der Waals surface area contributed by atoms with Crippen molar-refractivity contribution >= 4 is 0 Å². The monoisotopic (exact) mass is 297 g/mol. The number of rotatable bonds is 3. The smallest absolute Gasteiger partial charge is 0.139 e. The highest BCUT2D eigenvalue weighted by atomic mass is 14.9. The van der Waals surface area contributed by atoms with E-state index in [-0.39, 0.29) is 0 Å². The molecule has 0 amide bonds. The molecule has 110 valence electrons. The Balaban J connectivity index is 1.63. The van der Waals surface area contributed by atoms with Crippen molar-refractivity contribution in [3.63, 3.8) is 0 Å². The van der Waals surface area contributed by atoms with Gasteiger partial charge in [-0.15, -0.1) is 0 Å². The molecule has 0 radical (unpaired) electrons. The number of H-pyrrole nitrogens is 1. The first kappa shape index (κ1) is 13.5. The van der Waals surface area contributed by atoms with Crippen molar-refractivity contribution in [2.45, 2.75) is 0 Å². The van der Waals surface area contributed by atoms with Gasteiger partial charge in [0.25, 0.3) is 0 Å². The van der Waals surface area contributed by atoms with E-state index in [1.165, 1.54) is 0 Å². The highest BCUT2D eigenvalue weighted by Gasteiger charge is 2.06. The highest BCUT2D eigenvalue weighted by molar-refractivity contribution is 5.66. The molecule has 0 saturated heterocycles. The van der Waals surface area contributed by atoms with Gasteiger partial charge in [-0.25, -0.2) is 4.98 Å². The Labute approximate surface area is 134 Å². The second-order valence-corrected chi connectivity index (χ2v) is 5.31. The Bertz CT molecular complexity index is 895. The van der Waals surface area contributed by atoms with Crippen LogP contribution in [0, 0.1) is 0 Å². The summed E-state index contributed by atoms with van der Waals surface area (Å²) >= 11 is 0. The number of aromatic amines is 1. The summed E-state index contributed by atoms with van der Waals surface area (Å²) in [6.07, 6.45) is 3.71. The van der Waals surface area contributed by atoms with Crippen molar-refractivity contribution in [2.75, 3.05) is 0 Å². The third-order valence-corrected chi connectivity index (χ3v) is 3.77. The van der Waals surface area contributed by atoms with Crippen LogP contribution in [0.25, 0.3) is 33.9 Å². The molecule has 2 aromatic carbocycles. The van der Waals surface area contributed by atoms with Crippen molar-refractivity contribution in [3.8, 4) is 33.9 Å². The van der Waals surface area contributed by atoms with Crippen LogP contribution in [-0.4, -0.2) is 15.0 Å². The fourth-order valence-electron chi connectivity index (χ4n) is 2.55. The Morgan fingerprint density at radius 2 is 1.26 bits per heavy atom. The maximum absolute atomic E-state index is 4.55. The first-order valence-electron chi connectivity index (χ1n) is 7.52. The van der Waals surface area contributed by atoms with E-state index in [1.807, 2.05) is 60.9 Å². The maximum atomic E-state index is 4.55. The van der Waals surface area contributed by atoms with E-state index < -0.39 is 0 Å². The van der Waals surface area contributed by atoms with E-state index in [1.54, 1.807) is 0 Å². The first-order chi connectivity index (χ1) is 11.4. The van der Waals surface area contributed by atoms with Crippen molar-refractivity contribution in [1.29, 1.82) is 0 Å². The molecular formula is C20H15N3. The molecule has 4 aromatic rings. The zero-order valence-corrected chi connectivity index (χ0v) is 12.5. The first-order valence-corrected chi connectivity index (χ1v) is 7.52. The minimum Gasteiger partial charge on any atom is -0.338 e. The predicted molar refractivity (Wildman–Crippen MR) is 92.7 cm³/mol. The molecule has 2 aromatic heterocycles. The number of hydrogen-bond acceptors (Lipinski definition) is 2. The molecule has 0 fully saturated rings. The van der Waals surface area contributed by atoms with Gasteiger partial charge in [-0.2, -0.15) is 0 Å². The van der Waals surface area contributed by atoms with Crippen molar-refractivity contribution < 1.29 is 0 Å². The number of imidazole rings is 1. The average Bonchev–Trinajstić information content (AvgIpc) is 3.14. The summed E-state index contributed by atoms with van der Waals surface area (Å²) in [4.78, 5) is 12.4. The Morgan fingerprint density at radius 1 is 0.565 bits per heavy atom. The second kappa shape index (κ2) is 5.89. The molecule has 4 rings (SSSR count). The summed E-state index contributed by atoms with van der Waals surface area (Å²) < 4.78 is 0. The summed E-state index contributed by atoms with van der Waals surface area (Å²) in [5.74, 6) is 0.830. The number of pyridine rings is 1. The molecule has 2 heterocycles. The highest BCUT2D eigenvalue weighted by Crippen LogP contribution is 2.23. The Hall–Kier alpha value is -3.20. The van der Waals surface area contributed by atoms with Crippen LogP contribution in [0.1, 0.15) is 0 Å². The second-order valence-electron chi connectivity index (χ2n) is 5.31. The van der Waals surface area contributed by atoms with E-state index in [0.717, 1.165) is 33.9 Å². The lowest BCUT2D eigenvalue weighted by atomic mass is 10.1. The van der Waals surface area contributed by atoms with Gasteiger partial charge in [0.15, 0.2) is 0 Å². The topological polar surface area (TPSA) is 41.6 Å². The molecule has 0 atom stereocenters. The van der Waals surface area contributed by atoms with Crippen LogP contribution >= 0.6 is 0 Å². The van der Waals surface area contributed by atoms with E-state index in [2.05, 4.69) is 39.2 Å². The predicted octanol–water partition coefficient (Wildman–Crippen LogP) is 4.81. The molecule has 0 unspecified atom stereocenters. The van der Waals surface area contributed by atoms with Gasteiger partial charge >= 0.3 is 0 Å². The SMILES string of the molecule is c1ccc(-c2ccc(-c3ncc(-c4ccccc4)[nH]3)cn2)cc1. The molecule has 3 nitrogen and oxygen atoms in total. The molecule has 0 aliphatic carbocycles. The van der Waals surface area contributed by atoms with Crippen LogP contribution in [0.2, 0.25) is 0 Å². The Kier molecular flexibility index (Phi) is 3.45. The number of aromatic nitrogens is 3. The van der Waals surface area contributed by atoms with Crippen molar-refractivity contribution in [1.82, 2.24) is 15.0 Å². The van der Waals surface area contributed by atoms with Crippen LogP contribution in [0.15, 0.2) is 85.2 Å². The maximum Gasteiger partial charge on any atom is 0.139 e. The van der Waals surface area contributed by atoms with Gasteiger partial charge in [0, 0.05) is 17.3 Å². The molecule has 1 N–H and O–H groups in total. The zero-order chi connectivity index (χ0) is 15.5. The average molecular weight is 297 g/mol. The summed E-state index contributed by atoms with van der Waals surface area (Å²) in [5, 5.41) is 0. The van der Waals surface area contributed by atoms with Crippen LogP contribution in [0.5, 0.6) is 0 Å². The lowest BCUT2D eigenvalue weighted by Gasteiger charge is -2.02. The summed E-state index contributed by atoms with van der Waals surface area (Å²) in [5.41, 5.74) is 5.19. The minimum atomic E-state index is 0.830. The van der Waals surface area contributed by atoms with Gasteiger partial charge in [0.1, 0.15) is 5.82 Å². The molecule has 0 aliphatic rings. The number of hydrogen-bond donors (Lipinski definition) is 1. The molecule has 0 saturated carbocycles.